The number of hydrogen-bond acceptors (Lipinski definition) is 2. The first-order valence-corrected chi connectivity index (χ1v) is 22.6. The van der Waals surface area contributed by atoms with Gasteiger partial charge in [0.15, 0.2) is 5.82 Å². The van der Waals surface area contributed by atoms with Crippen molar-refractivity contribution in [2.45, 2.75) is 24.7 Å². The van der Waals surface area contributed by atoms with Gasteiger partial charge in [0.1, 0.15) is 0 Å². The minimum Gasteiger partial charge on any atom is -0.309 e. The van der Waals surface area contributed by atoms with Crippen molar-refractivity contribution in [1.82, 2.24) is 14.5 Å². The zero-order chi connectivity index (χ0) is 43.3. The molecule has 2 aliphatic rings. The van der Waals surface area contributed by atoms with E-state index >= 15 is 0 Å². The molecule has 0 radical (unpaired) electrons. The molecule has 0 atom stereocenters. The van der Waals surface area contributed by atoms with Crippen LogP contribution in [-0.4, -0.2) is 14.5 Å². The fraction of sp³-hybridized carbons (Fsp3) is 0.0645. The Labute approximate surface area is 379 Å². The normalized spacial score (nSPS) is 13.9. The molecule has 0 saturated carbocycles. The molecular weight excluding hydrogens is 787 g/mol. The van der Waals surface area contributed by atoms with Gasteiger partial charge < -0.3 is 4.57 Å². The van der Waals surface area contributed by atoms with Crippen molar-refractivity contribution in [2.24, 2.45) is 0 Å². The quantitative estimate of drug-likeness (QED) is 0.173. The van der Waals surface area contributed by atoms with Crippen LogP contribution in [0, 0.1) is 0 Å². The molecule has 2 heterocycles. The van der Waals surface area contributed by atoms with Crippen LogP contribution in [-0.2, 0) is 10.8 Å². The first kappa shape index (κ1) is 37.4. The second kappa shape index (κ2) is 14.2. The standard InChI is InChI=1S/C62H43N3/c1-61(2)52-30-14-15-31-53(52)62(50-28-12-8-22-44(50)45-23-9-13-29-51(45)62)54-32-18-27-49(59(54)61)43-21-6-7-24-46(43)56-39-55(40-19-4-3-5-20-40)63-60(64-56)41-35-37-42(38-36-41)65-57-33-16-10-25-47(57)48-26-11-17-34-58(48)65/h3-39H,1-2H3. The minimum atomic E-state index is -0.479. The smallest absolute Gasteiger partial charge is 0.160 e. The van der Waals surface area contributed by atoms with Gasteiger partial charge in [-0.05, 0) is 98.1 Å². The Morgan fingerprint density at radius 3 is 1.51 bits per heavy atom. The highest BCUT2D eigenvalue weighted by Crippen LogP contribution is 2.63. The molecular formula is C62H43N3. The van der Waals surface area contributed by atoms with Gasteiger partial charge in [-0.15, -0.1) is 0 Å². The van der Waals surface area contributed by atoms with E-state index in [2.05, 4.69) is 243 Å². The molecule has 11 aromatic rings. The molecule has 0 bridgehead atoms. The van der Waals surface area contributed by atoms with Crippen LogP contribution in [0.4, 0.5) is 0 Å². The van der Waals surface area contributed by atoms with Crippen molar-refractivity contribution in [1.29, 1.82) is 0 Å². The highest BCUT2D eigenvalue weighted by atomic mass is 15.0. The third kappa shape index (κ3) is 5.36. The van der Waals surface area contributed by atoms with Gasteiger partial charge in [0.25, 0.3) is 0 Å². The van der Waals surface area contributed by atoms with Crippen LogP contribution >= 0.6 is 0 Å². The summed E-state index contributed by atoms with van der Waals surface area (Å²) in [4.78, 5) is 10.8. The van der Waals surface area contributed by atoms with Crippen molar-refractivity contribution in [3.05, 3.63) is 258 Å². The molecule has 0 aliphatic heterocycles. The zero-order valence-electron chi connectivity index (χ0n) is 36.2. The van der Waals surface area contributed by atoms with Crippen molar-refractivity contribution in [3.63, 3.8) is 0 Å². The molecule has 0 saturated heterocycles. The Kier molecular flexibility index (Phi) is 8.17. The van der Waals surface area contributed by atoms with Crippen molar-refractivity contribution in [2.75, 3.05) is 0 Å². The summed E-state index contributed by atoms with van der Waals surface area (Å²) in [5.74, 6) is 0.687. The molecule has 0 N–H and O–H groups in total. The number of aromatic nitrogens is 3. The van der Waals surface area contributed by atoms with Crippen molar-refractivity contribution < 1.29 is 0 Å². The topological polar surface area (TPSA) is 30.7 Å². The fourth-order valence-corrected chi connectivity index (χ4v) is 11.6. The van der Waals surface area contributed by atoms with Crippen LogP contribution in [0.15, 0.2) is 224 Å². The lowest BCUT2D eigenvalue weighted by atomic mass is 9.54. The van der Waals surface area contributed by atoms with Gasteiger partial charge in [0.05, 0.1) is 27.8 Å². The molecule has 2 aliphatic carbocycles. The molecule has 306 valence electrons. The number of hydrogen-bond donors (Lipinski definition) is 0. The predicted octanol–water partition coefficient (Wildman–Crippen LogP) is 15.2. The van der Waals surface area contributed by atoms with E-state index in [9.17, 15) is 0 Å². The first-order valence-electron chi connectivity index (χ1n) is 22.6. The van der Waals surface area contributed by atoms with Crippen LogP contribution in [0.3, 0.4) is 0 Å². The fourth-order valence-electron chi connectivity index (χ4n) is 11.6. The average Bonchev–Trinajstić information content (AvgIpc) is 3.87. The molecule has 0 unspecified atom stereocenters. The number of nitrogens with zero attached hydrogens (tertiary/aromatic N) is 3. The Morgan fingerprint density at radius 1 is 0.354 bits per heavy atom. The van der Waals surface area contributed by atoms with Crippen LogP contribution < -0.4 is 0 Å². The summed E-state index contributed by atoms with van der Waals surface area (Å²) in [6.07, 6.45) is 0. The summed E-state index contributed by atoms with van der Waals surface area (Å²) in [5.41, 5.74) is 20.6. The number of fused-ring (bicyclic) bond motifs is 12. The van der Waals surface area contributed by atoms with Gasteiger partial charge in [-0.2, -0.15) is 0 Å². The van der Waals surface area contributed by atoms with Gasteiger partial charge in [-0.3, -0.25) is 0 Å². The molecule has 13 rings (SSSR count). The van der Waals surface area contributed by atoms with Gasteiger partial charge in [0, 0.05) is 38.6 Å². The Morgan fingerprint density at radius 2 is 0.846 bits per heavy atom. The zero-order valence-corrected chi connectivity index (χ0v) is 36.2. The number of rotatable bonds is 5. The minimum absolute atomic E-state index is 0.322. The maximum Gasteiger partial charge on any atom is 0.160 e. The third-order valence-electron chi connectivity index (χ3n) is 14.3. The van der Waals surface area contributed by atoms with Gasteiger partial charge in [-0.1, -0.05) is 196 Å². The Balaban J connectivity index is 1.01. The van der Waals surface area contributed by atoms with E-state index in [0.717, 1.165) is 39.3 Å². The molecule has 9 aromatic carbocycles. The van der Waals surface area contributed by atoms with Gasteiger partial charge in [0.2, 0.25) is 0 Å². The second-order valence-corrected chi connectivity index (χ2v) is 18.0. The van der Waals surface area contributed by atoms with Crippen LogP contribution in [0.25, 0.3) is 83.6 Å². The van der Waals surface area contributed by atoms with E-state index in [4.69, 9.17) is 9.97 Å². The van der Waals surface area contributed by atoms with Crippen LogP contribution in [0.5, 0.6) is 0 Å². The summed E-state index contributed by atoms with van der Waals surface area (Å²) in [7, 11) is 0. The maximum absolute atomic E-state index is 5.47. The van der Waals surface area contributed by atoms with E-state index in [1.807, 2.05) is 0 Å². The Bertz CT molecular complexity index is 3590. The van der Waals surface area contributed by atoms with E-state index in [0.29, 0.717) is 5.82 Å². The predicted molar refractivity (Wildman–Crippen MR) is 268 cm³/mol. The van der Waals surface area contributed by atoms with Crippen molar-refractivity contribution in [3.8, 4) is 61.8 Å². The average molecular weight is 830 g/mol. The molecule has 3 nitrogen and oxygen atoms in total. The monoisotopic (exact) mass is 829 g/mol. The SMILES string of the molecule is CC1(C)c2ccccc2C2(c3ccccc3-c3ccccc32)c2cccc(-c3ccccc3-c3cc(-c4ccccc4)nc(-c4ccc(-n5c6ccccc6c6ccccc65)cc4)n3)c21. The lowest BCUT2D eigenvalue weighted by Gasteiger charge is -2.47. The Hall–Kier alpha value is -8.14. The number of benzene rings is 9. The second-order valence-electron chi connectivity index (χ2n) is 18.0. The largest absolute Gasteiger partial charge is 0.309 e. The van der Waals surface area contributed by atoms with Gasteiger partial charge in [-0.25, -0.2) is 9.97 Å². The summed E-state index contributed by atoms with van der Waals surface area (Å²) in [6, 6.07) is 81.8. The lowest BCUT2D eigenvalue weighted by Crippen LogP contribution is -2.41. The van der Waals surface area contributed by atoms with Crippen molar-refractivity contribution >= 4 is 21.8 Å². The van der Waals surface area contributed by atoms with E-state index in [1.165, 1.54) is 71.9 Å². The summed E-state index contributed by atoms with van der Waals surface area (Å²) in [5, 5.41) is 2.49. The summed E-state index contributed by atoms with van der Waals surface area (Å²) < 4.78 is 2.35. The molecule has 0 amide bonds. The number of para-hydroxylation sites is 2. The third-order valence-corrected chi connectivity index (χ3v) is 14.3. The molecule has 2 aromatic heterocycles. The highest BCUT2D eigenvalue weighted by molar-refractivity contribution is 6.09. The van der Waals surface area contributed by atoms with Crippen LogP contribution in [0.2, 0.25) is 0 Å². The lowest BCUT2D eigenvalue weighted by molar-refractivity contribution is 0.565. The maximum atomic E-state index is 5.47. The molecule has 1 spiro atoms. The summed E-state index contributed by atoms with van der Waals surface area (Å²) in [6.45, 7) is 4.82. The molecule has 3 heteroatoms. The molecule has 0 fully saturated rings. The summed E-state index contributed by atoms with van der Waals surface area (Å²) >= 11 is 0. The highest BCUT2D eigenvalue weighted by Gasteiger charge is 2.53. The molecule has 65 heavy (non-hydrogen) atoms. The first-order chi connectivity index (χ1) is 32.0. The van der Waals surface area contributed by atoms with Crippen LogP contribution in [0.1, 0.15) is 47.2 Å². The van der Waals surface area contributed by atoms with E-state index in [1.54, 1.807) is 0 Å². The van der Waals surface area contributed by atoms with Gasteiger partial charge >= 0.3 is 0 Å². The van der Waals surface area contributed by atoms with E-state index < -0.39 is 5.41 Å². The van der Waals surface area contributed by atoms with E-state index in [-0.39, 0.29) is 5.41 Å².